The third-order valence-electron chi connectivity index (χ3n) is 2.42. The van der Waals surface area contributed by atoms with Crippen LogP contribution in [0.2, 0.25) is 0 Å². The molecule has 1 unspecified atom stereocenters. The highest BCUT2D eigenvalue weighted by Crippen LogP contribution is 2.14. The smallest absolute Gasteiger partial charge is 0.223 e. The van der Waals surface area contributed by atoms with Gasteiger partial charge in [-0.3, -0.25) is 0 Å². The summed E-state index contributed by atoms with van der Waals surface area (Å²) in [6.45, 7) is 7.31. The Hall–Kier alpha value is -1.52. The minimum Gasteiger partial charge on any atom is -0.370 e. The van der Waals surface area contributed by atoms with E-state index in [4.69, 9.17) is 5.73 Å². The summed E-state index contributed by atoms with van der Waals surface area (Å²) in [5.41, 5.74) is 5.68. The van der Waals surface area contributed by atoms with Crippen molar-refractivity contribution in [3.8, 4) is 0 Å². The Bertz CT molecular complexity index is 340. The molecule has 0 saturated carbocycles. The first-order valence-corrected chi connectivity index (χ1v) is 6.30. The predicted molar refractivity (Wildman–Crippen MR) is 73.2 cm³/mol. The molecule has 1 aromatic heterocycles. The molecule has 17 heavy (non-hydrogen) atoms. The van der Waals surface area contributed by atoms with E-state index in [9.17, 15) is 0 Å². The van der Waals surface area contributed by atoms with Gasteiger partial charge in [0.15, 0.2) is 0 Å². The molecule has 1 heterocycles. The SMILES string of the molecule is CCCNc1cc(NC(C)CCC)nc(N)n1. The molecule has 5 heteroatoms. The maximum absolute atomic E-state index is 5.68. The van der Waals surface area contributed by atoms with Gasteiger partial charge in [-0.15, -0.1) is 0 Å². The number of rotatable bonds is 7. The van der Waals surface area contributed by atoms with Gasteiger partial charge < -0.3 is 16.4 Å². The average molecular weight is 237 g/mol. The molecule has 1 atom stereocenters. The van der Waals surface area contributed by atoms with Crippen molar-refractivity contribution in [2.75, 3.05) is 22.9 Å². The fourth-order valence-corrected chi connectivity index (χ4v) is 1.64. The van der Waals surface area contributed by atoms with Crippen LogP contribution in [0.4, 0.5) is 17.6 Å². The fourth-order valence-electron chi connectivity index (χ4n) is 1.64. The molecule has 0 aliphatic rings. The topological polar surface area (TPSA) is 75.9 Å². The lowest BCUT2D eigenvalue weighted by Gasteiger charge is -2.14. The Balaban J connectivity index is 2.67. The summed E-state index contributed by atoms with van der Waals surface area (Å²) in [7, 11) is 0. The Kier molecular flexibility index (Phi) is 5.52. The summed E-state index contributed by atoms with van der Waals surface area (Å²) in [5, 5.41) is 6.54. The first kappa shape index (κ1) is 13.5. The summed E-state index contributed by atoms with van der Waals surface area (Å²) in [6.07, 6.45) is 3.32. The molecule has 4 N–H and O–H groups in total. The van der Waals surface area contributed by atoms with Crippen molar-refractivity contribution in [2.24, 2.45) is 0 Å². The quantitative estimate of drug-likeness (QED) is 0.679. The number of aromatic nitrogens is 2. The van der Waals surface area contributed by atoms with Crippen LogP contribution in [-0.4, -0.2) is 22.6 Å². The Morgan fingerprint density at radius 3 is 2.59 bits per heavy atom. The zero-order valence-corrected chi connectivity index (χ0v) is 11.0. The largest absolute Gasteiger partial charge is 0.370 e. The normalized spacial score (nSPS) is 12.2. The summed E-state index contributed by atoms with van der Waals surface area (Å²) < 4.78 is 0. The van der Waals surface area contributed by atoms with E-state index in [1.165, 1.54) is 0 Å². The first-order chi connectivity index (χ1) is 8.15. The highest BCUT2D eigenvalue weighted by Gasteiger charge is 2.05. The lowest BCUT2D eigenvalue weighted by molar-refractivity contribution is 0.687. The zero-order valence-electron chi connectivity index (χ0n) is 11.0. The lowest BCUT2D eigenvalue weighted by atomic mass is 10.2. The molecular formula is C12H23N5. The Morgan fingerprint density at radius 2 is 1.94 bits per heavy atom. The Labute approximate surface area is 103 Å². The van der Waals surface area contributed by atoms with Gasteiger partial charge in [-0.2, -0.15) is 9.97 Å². The molecule has 1 aromatic rings. The Morgan fingerprint density at radius 1 is 1.24 bits per heavy atom. The van der Waals surface area contributed by atoms with Gasteiger partial charge in [0.25, 0.3) is 0 Å². The van der Waals surface area contributed by atoms with Gasteiger partial charge in [0, 0.05) is 18.7 Å². The summed E-state index contributed by atoms with van der Waals surface area (Å²) in [5.74, 6) is 1.87. The van der Waals surface area contributed by atoms with Crippen LogP contribution < -0.4 is 16.4 Å². The zero-order chi connectivity index (χ0) is 12.7. The fraction of sp³-hybridized carbons (Fsp3) is 0.667. The standard InChI is InChI=1S/C12H23N5/c1-4-6-9(3)15-11-8-10(14-7-5-2)16-12(13)17-11/h8-9H,4-7H2,1-3H3,(H4,13,14,15,16,17). The van der Waals surface area contributed by atoms with E-state index >= 15 is 0 Å². The van der Waals surface area contributed by atoms with E-state index in [2.05, 4.69) is 41.4 Å². The molecule has 0 saturated heterocycles. The molecule has 0 bridgehead atoms. The minimum atomic E-state index is 0.303. The summed E-state index contributed by atoms with van der Waals surface area (Å²) in [4.78, 5) is 8.32. The molecule has 0 aliphatic heterocycles. The molecule has 0 aliphatic carbocycles. The van der Waals surface area contributed by atoms with Crippen LogP contribution in [0.15, 0.2) is 6.07 Å². The second-order valence-electron chi connectivity index (χ2n) is 4.26. The second kappa shape index (κ2) is 6.93. The highest BCUT2D eigenvalue weighted by atomic mass is 15.1. The van der Waals surface area contributed by atoms with Crippen molar-refractivity contribution >= 4 is 17.6 Å². The highest BCUT2D eigenvalue weighted by molar-refractivity contribution is 5.51. The van der Waals surface area contributed by atoms with E-state index in [0.717, 1.165) is 37.4 Å². The van der Waals surface area contributed by atoms with Crippen LogP contribution in [0.3, 0.4) is 0 Å². The van der Waals surface area contributed by atoms with Gasteiger partial charge in [0.2, 0.25) is 5.95 Å². The van der Waals surface area contributed by atoms with Gasteiger partial charge in [-0.1, -0.05) is 20.3 Å². The minimum absolute atomic E-state index is 0.303. The molecular weight excluding hydrogens is 214 g/mol. The van der Waals surface area contributed by atoms with Crippen molar-refractivity contribution in [3.63, 3.8) is 0 Å². The number of anilines is 3. The van der Waals surface area contributed by atoms with Crippen molar-refractivity contribution in [3.05, 3.63) is 6.07 Å². The van der Waals surface area contributed by atoms with Crippen molar-refractivity contribution in [2.45, 2.75) is 46.1 Å². The second-order valence-corrected chi connectivity index (χ2v) is 4.26. The molecule has 1 rings (SSSR count). The first-order valence-electron chi connectivity index (χ1n) is 6.30. The van der Waals surface area contributed by atoms with Gasteiger partial charge in [0.1, 0.15) is 11.6 Å². The molecule has 0 amide bonds. The van der Waals surface area contributed by atoms with Crippen LogP contribution in [0.25, 0.3) is 0 Å². The van der Waals surface area contributed by atoms with Crippen LogP contribution in [0.1, 0.15) is 40.0 Å². The van der Waals surface area contributed by atoms with E-state index in [-0.39, 0.29) is 0 Å². The lowest BCUT2D eigenvalue weighted by Crippen LogP contribution is -2.16. The van der Waals surface area contributed by atoms with Crippen LogP contribution in [0, 0.1) is 0 Å². The van der Waals surface area contributed by atoms with E-state index in [0.29, 0.717) is 12.0 Å². The monoisotopic (exact) mass is 237 g/mol. The molecule has 0 aromatic carbocycles. The maximum atomic E-state index is 5.68. The van der Waals surface area contributed by atoms with Crippen LogP contribution in [-0.2, 0) is 0 Å². The molecule has 96 valence electrons. The maximum Gasteiger partial charge on any atom is 0.223 e. The molecule has 0 fully saturated rings. The third-order valence-corrected chi connectivity index (χ3v) is 2.42. The van der Waals surface area contributed by atoms with Crippen LogP contribution >= 0.6 is 0 Å². The van der Waals surface area contributed by atoms with Crippen molar-refractivity contribution < 1.29 is 0 Å². The van der Waals surface area contributed by atoms with Gasteiger partial charge in [0.05, 0.1) is 0 Å². The van der Waals surface area contributed by atoms with E-state index in [1.54, 1.807) is 0 Å². The van der Waals surface area contributed by atoms with Crippen LogP contribution in [0.5, 0.6) is 0 Å². The number of hydrogen-bond acceptors (Lipinski definition) is 5. The van der Waals surface area contributed by atoms with E-state index in [1.807, 2.05) is 6.07 Å². The molecule has 0 spiro atoms. The van der Waals surface area contributed by atoms with Gasteiger partial charge >= 0.3 is 0 Å². The number of nitrogen functional groups attached to an aromatic ring is 1. The predicted octanol–water partition coefficient (Wildman–Crippen LogP) is 2.48. The van der Waals surface area contributed by atoms with Crippen molar-refractivity contribution in [1.29, 1.82) is 0 Å². The summed E-state index contributed by atoms with van der Waals surface area (Å²) >= 11 is 0. The molecule has 5 nitrogen and oxygen atoms in total. The third kappa shape index (κ3) is 4.89. The number of hydrogen-bond donors (Lipinski definition) is 3. The average Bonchev–Trinajstić information content (AvgIpc) is 2.25. The van der Waals surface area contributed by atoms with Crippen molar-refractivity contribution in [1.82, 2.24) is 9.97 Å². The number of nitrogens with zero attached hydrogens (tertiary/aromatic N) is 2. The summed E-state index contributed by atoms with van der Waals surface area (Å²) in [6, 6.07) is 2.30. The molecule has 0 radical (unpaired) electrons. The van der Waals surface area contributed by atoms with Gasteiger partial charge in [-0.05, 0) is 19.8 Å². The number of nitrogens with two attached hydrogens (primary N) is 1. The van der Waals surface area contributed by atoms with E-state index < -0.39 is 0 Å². The number of nitrogens with one attached hydrogen (secondary N) is 2. The van der Waals surface area contributed by atoms with Gasteiger partial charge in [-0.25, -0.2) is 0 Å².